The Morgan fingerprint density at radius 1 is 0.833 bits per heavy atom. The van der Waals surface area contributed by atoms with Gasteiger partial charge < -0.3 is 15.5 Å². The maximum absolute atomic E-state index is 12.2. The van der Waals surface area contributed by atoms with E-state index >= 15 is 0 Å². The number of hydroxylamine groups is 1. The van der Waals surface area contributed by atoms with Crippen LogP contribution in [0, 0.1) is 13.8 Å². The van der Waals surface area contributed by atoms with Gasteiger partial charge in [0, 0.05) is 13.1 Å². The van der Waals surface area contributed by atoms with E-state index in [9.17, 15) is 24.6 Å². The van der Waals surface area contributed by atoms with Crippen LogP contribution in [0.15, 0.2) is 36.4 Å². The van der Waals surface area contributed by atoms with E-state index < -0.39 is 17.8 Å². The van der Waals surface area contributed by atoms with Crippen LogP contribution in [-0.2, 0) is 11.4 Å². The Balaban J connectivity index is 1.68. The lowest BCUT2D eigenvalue weighted by atomic mass is 10.0. The van der Waals surface area contributed by atoms with Crippen molar-refractivity contribution in [1.82, 2.24) is 10.8 Å². The number of carbonyl (C=O) groups excluding carboxylic acids is 1. The van der Waals surface area contributed by atoms with Crippen molar-refractivity contribution in [2.24, 2.45) is 0 Å². The molecule has 160 valence electrons. The number of hydrogen-bond acceptors (Lipinski definition) is 5. The molecule has 0 saturated heterocycles. The summed E-state index contributed by atoms with van der Waals surface area (Å²) in [4.78, 5) is 40.1. The first-order chi connectivity index (χ1) is 14.3. The van der Waals surface area contributed by atoms with Gasteiger partial charge in [0.25, 0.3) is 5.91 Å². The SMILES string of the molecule is Cc1ccc(CONCCCCNC(=O)c2ccc(C)cc2C(=O)O)c(C(=O)O)c1. The first kappa shape index (κ1) is 23.1. The second-order valence-corrected chi connectivity index (χ2v) is 6.97. The summed E-state index contributed by atoms with van der Waals surface area (Å²) in [5, 5.41) is 21.2. The van der Waals surface area contributed by atoms with E-state index in [-0.39, 0.29) is 23.3 Å². The number of rotatable bonds is 11. The lowest BCUT2D eigenvalue weighted by Gasteiger charge is -2.10. The first-order valence-electron chi connectivity index (χ1n) is 9.59. The fourth-order valence-electron chi connectivity index (χ4n) is 2.87. The van der Waals surface area contributed by atoms with Crippen LogP contribution in [0.4, 0.5) is 0 Å². The Morgan fingerprint density at radius 3 is 2.10 bits per heavy atom. The van der Waals surface area contributed by atoms with E-state index in [1.165, 1.54) is 12.1 Å². The Hall–Kier alpha value is -3.23. The summed E-state index contributed by atoms with van der Waals surface area (Å²) in [6.45, 7) is 4.65. The molecule has 0 bridgehead atoms. The number of unbranched alkanes of at least 4 members (excludes halogenated alkanes) is 1. The zero-order valence-corrected chi connectivity index (χ0v) is 17.0. The number of carbonyl (C=O) groups is 3. The second kappa shape index (κ2) is 11.1. The van der Waals surface area contributed by atoms with Crippen LogP contribution in [0.3, 0.4) is 0 Å². The Labute approximate surface area is 174 Å². The first-order valence-corrected chi connectivity index (χ1v) is 9.59. The highest BCUT2D eigenvalue weighted by Gasteiger charge is 2.16. The molecule has 0 saturated carbocycles. The minimum Gasteiger partial charge on any atom is -0.478 e. The summed E-state index contributed by atoms with van der Waals surface area (Å²) in [5.41, 5.74) is 5.35. The third-order valence-corrected chi connectivity index (χ3v) is 4.47. The molecule has 4 N–H and O–H groups in total. The van der Waals surface area contributed by atoms with Gasteiger partial charge in [-0.25, -0.2) is 15.1 Å². The van der Waals surface area contributed by atoms with Crippen LogP contribution in [0.1, 0.15) is 60.6 Å². The predicted molar refractivity (Wildman–Crippen MR) is 111 cm³/mol. The van der Waals surface area contributed by atoms with Crippen molar-refractivity contribution in [3.05, 3.63) is 69.8 Å². The molecule has 1 amide bonds. The van der Waals surface area contributed by atoms with Crippen molar-refractivity contribution >= 4 is 17.8 Å². The molecule has 8 nitrogen and oxygen atoms in total. The number of benzene rings is 2. The quantitative estimate of drug-likeness (QED) is 0.329. The van der Waals surface area contributed by atoms with Gasteiger partial charge in [-0.15, -0.1) is 0 Å². The van der Waals surface area contributed by atoms with Crippen molar-refractivity contribution in [3.63, 3.8) is 0 Å². The van der Waals surface area contributed by atoms with Gasteiger partial charge >= 0.3 is 11.9 Å². The number of amides is 1. The second-order valence-electron chi connectivity index (χ2n) is 6.97. The zero-order valence-electron chi connectivity index (χ0n) is 17.0. The molecule has 0 aliphatic heterocycles. The molecule has 0 aromatic heterocycles. The highest BCUT2D eigenvalue weighted by atomic mass is 16.6. The molecule has 2 rings (SSSR count). The molecule has 0 spiro atoms. The van der Waals surface area contributed by atoms with Gasteiger partial charge in [-0.3, -0.25) is 9.63 Å². The Kier molecular flexibility index (Phi) is 8.52. The minimum absolute atomic E-state index is 0.0144. The summed E-state index contributed by atoms with van der Waals surface area (Å²) in [7, 11) is 0. The smallest absolute Gasteiger partial charge is 0.336 e. The van der Waals surface area contributed by atoms with E-state index in [0.717, 1.165) is 11.1 Å². The van der Waals surface area contributed by atoms with Crippen LogP contribution < -0.4 is 10.8 Å². The largest absolute Gasteiger partial charge is 0.478 e. The van der Waals surface area contributed by atoms with Crippen LogP contribution in [0.25, 0.3) is 0 Å². The molecule has 2 aromatic rings. The maximum Gasteiger partial charge on any atom is 0.336 e. The van der Waals surface area contributed by atoms with Gasteiger partial charge in [-0.2, -0.15) is 0 Å². The number of hydrogen-bond donors (Lipinski definition) is 4. The van der Waals surface area contributed by atoms with Crippen LogP contribution in [0.5, 0.6) is 0 Å². The lowest BCUT2D eigenvalue weighted by Crippen LogP contribution is -2.27. The Morgan fingerprint density at radius 2 is 1.43 bits per heavy atom. The molecule has 0 aliphatic rings. The topological polar surface area (TPSA) is 125 Å². The maximum atomic E-state index is 12.2. The molecule has 0 heterocycles. The molecule has 0 fully saturated rings. The predicted octanol–water partition coefficient (Wildman–Crippen LogP) is 2.93. The number of aromatic carboxylic acids is 2. The molecule has 8 heteroatoms. The summed E-state index contributed by atoms with van der Waals surface area (Å²) in [6, 6.07) is 9.85. The van der Waals surface area contributed by atoms with Crippen molar-refractivity contribution in [2.45, 2.75) is 33.3 Å². The average molecular weight is 414 g/mol. The summed E-state index contributed by atoms with van der Waals surface area (Å²) in [6.07, 6.45) is 1.38. The van der Waals surface area contributed by atoms with Crippen LogP contribution in [0.2, 0.25) is 0 Å². The highest BCUT2D eigenvalue weighted by molar-refractivity contribution is 6.04. The lowest BCUT2D eigenvalue weighted by molar-refractivity contribution is 0.0264. The van der Waals surface area contributed by atoms with Crippen molar-refractivity contribution in [2.75, 3.05) is 13.1 Å². The van der Waals surface area contributed by atoms with E-state index in [1.54, 1.807) is 25.1 Å². The Bertz CT molecular complexity index is 926. The summed E-state index contributed by atoms with van der Waals surface area (Å²) < 4.78 is 0. The third-order valence-electron chi connectivity index (χ3n) is 4.47. The third kappa shape index (κ3) is 6.68. The summed E-state index contributed by atoms with van der Waals surface area (Å²) >= 11 is 0. The van der Waals surface area contributed by atoms with Crippen molar-refractivity contribution in [1.29, 1.82) is 0 Å². The molecule has 30 heavy (non-hydrogen) atoms. The van der Waals surface area contributed by atoms with E-state index in [0.29, 0.717) is 31.5 Å². The van der Waals surface area contributed by atoms with Gasteiger partial charge in [0.05, 0.1) is 23.3 Å². The van der Waals surface area contributed by atoms with Gasteiger partial charge in [-0.1, -0.05) is 29.3 Å². The number of carboxylic acids is 2. The number of aryl methyl sites for hydroxylation is 2. The van der Waals surface area contributed by atoms with Crippen molar-refractivity contribution in [3.8, 4) is 0 Å². The normalized spacial score (nSPS) is 10.6. The zero-order chi connectivity index (χ0) is 22.1. The fourth-order valence-corrected chi connectivity index (χ4v) is 2.87. The number of carboxylic acid groups (broad SMARTS) is 2. The van der Waals surface area contributed by atoms with Gasteiger partial charge in [-0.05, 0) is 50.5 Å². The fraction of sp³-hybridized carbons (Fsp3) is 0.318. The summed E-state index contributed by atoms with van der Waals surface area (Å²) in [5.74, 6) is -2.55. The van der Waals surface area contributed by atoms with Crippen LogP contribution >= 0.6 is 0 Å². The molecule has 0 aliphatic carbocycles. The molecule has 0 atom stereocenters. The monoisotopic (exact) mass is 414 g/mol. The van der Waals surface area contributed by atoms with E-state index in [1.807, 2.05) is 13.0 Å². The number of nitrogens with one attached hydrogen (secondary N) is 2. The molecular formula is C22H26N2O6. The van der Waals surface area contributed by atoms with Gasteiger partial charge in [0.15, 0.2) is 0 Å². The minimum atomic E-state index is -1.13. The standard InChI is InChI=1S/C22H26N2O6/c1-14-5-7-16(18(11-14)21(26)27)13-30-24-10-4-3-9-23-20(25)17-8-6-15(2)12-19(17)22(28)29/h5-8,11-12,24H,3-4,9-10,13H2,1-2H3,(H,23,25)(H,26,27)(H,28,29). The van der Waals surface area contributed by atoms with Gasteiger partial charge in [0.2, 0.25) is 0 Å². The molecule has 0 radical (unpaired) electrons. The van der Waals surface area contributed by atoms with E-state index in [4.69, 9.17) is 4.84 Å². The van der Waals surface area contributed by atoms with E-state index in [2.05, 4.69) is 10.8 Å². The molecule has 2 aromatic carbocycles. The average Bonchev–Trinajstić information content (AvgIpc) is 2.70. The molecule has 0 unspecified atom stereocenters. The highest BCUT2D eigenvalue weighted by Crippen LogP contribution is 2.13. The van der Waals surface area contributed by atoms with Crippen LogP contribution in [-0.4, -0.2) is 41.1 Å². The van der Waals surface area contributed by atoms with Gasteiger partial charge in [0.1, 0.15) is 0 Å². The molecular weight excluding hydrogens is 388 g/mol. The van der Waals surface area contributed by atoms with Crippen molar-refractivity contribution < 1.29 is 29.4 Å².